The van der Waals surface area contributed by atoms with E-state index in [9.17, 15) is 14.9 Å². The Morgan fingerprint density at radius 2 is 1.64 bits per heavy atom. The number of anilines is 1. The highest BCUT2D eigenvalue weighted by Gasteiger charge is 2.21. The van der Waals surface area contributed by atoms with Gasteiger partial charge in [-0.15, -0.1) is 0 Å². The van der Waals surface area contributed by atoms with Gasteiger partial charge in [0.15, 0.2) is 5.82 Å². The number of hydrogen-bond donors (Lipinski definition) is 1. The van der Waals surface area contributed by atoms with E-state index >= 15 is 0 Å². The summed E-state index contributed by atoms with van der Waals surface area (Å²) in [5, 5.41) is 23.3. The molecule has 0 atom stereocenters. The van der Waals surface area contributed by atoms with Crippen LogP contribution in [-0.4, -0.2) is 30.4 Å². The zero-order chi connectivity index (χ0) is 23.5. The number of aromatic nitrogens is 4. The van der Waals surface area contributed by atoms with Gasteiger partial charge in [-0.3, -0.25) is 24.3 Å². The lowest BCUT2D eigenvalue weighted by molar-refractivity contribution is -0.386. The van der Waals surface area contributed by atoms with E-state index in [1.807, 2.05) is 24.3 Å². The molecule has 1 amide bonds. The fourth-order valence-corrected chi connectivity index (χ4v) is 3.65. The van der Waals surface area contributed by atoms with Crippen LogP contribution in [0, 0.1) is 24.0 Å². The molecule has 1 N–H and O–H groups in total. The maximum absolute atomic E-state index is 12.6. The number of carbonyl (C=O) groups is 1. The first-order valence-electron chi connectivity index (χ1n) is 10.2. The van der Waals surface area contributed by atoms with E-state index in [1.54, 1.807) is 59.7 Å². The number of rotatable bonds is 7. The van der Waals surface area contributed by atoms with E-state index in [4.69, 9.17) is 11.6 Å². The SMILES string of the molecule is Cc1nn(Cc2ccc(C(=O)Nc3ccn(Cc4ccc(Cl)cc4)n3)cc2)c(C)c1[N+](=O)[O-]. The predicted octanol–water partition coefficient (Wildman–Crippen LogP) is 4.61. The molecule has 2 heterocycles. The van der Waals surface area contributed by atoms with E-state index < -0.39 is 4.92 Å². The molecule has 168 valence electrons. The molecule has 0 spiro atoms. The highest BCUT2D eigenvalue weighted by Crippen LogP contribution is 2.22. The molecular formula is C23H21ClN6O3. The first-order valence-corrected chi connectivity index (χ1v) is 10.5. The third-order valence-electron chi connectivity index (χ3n) is 5.21. The highest BCUT2D eigenvalue weighted by molar-refractivity contribution is 6.30. The predicted molar refractivity (Wildman–Crippen MR) is 125 cm³/mol. The number of nitrogens with zero attached hydrogens (tertiary/aromatic N) is 5. The molecular weight excluding hydrogens is 444 g/mol. The average molecular weight is 465 g/mol. The summed E-state index contributed by atoms with van der Waals surface area (Å²) in [4.78, 5) is 23.4. The van der Waals surface area contributed by atoms with Crippen LogP contribution in [-0.2, 0) is 13.1 Å². The van der Waals surface area contributed by atoms with Crippen LogP contribution in [0.15, 0.2) is 60.8 Å². The lowest BCUT2D eigenvalue weighted by atomic mass is 10.1. The topological polar surface area (TPSA) is 108 Å². The van der Waals surface area contributed by atoms with Gasteiger partial charge in [-0.2, -0.15) is 10.2 Å². The number of benzene rings is 2. The molecule has 2 aromatic carbocycles. The van der Waals surface area contributed by atoms with Gasteiger partial charge < -0.3 is 5.32 Å². The normalized spacial score (nSPS) is 10.9. The summed E-state index contributed by atoms with van der Waals surface area (Å²) >= 11 is 5.91. The summed E-state index contributed by atoms with van der Waals surface area (Å²) in [7, 11) is 0. The van der Waals surface area contributed by atoms with Crippen LogP contribution >= 0.6 is 11.6 Å². The van der Waals surface area contributed by atoms with Gasteiger partial charge in [-0.25, -0.2) is 0 Å². The number of hydrogen-bond acceptors (Lipinski definition) is 5. The first-order chi connectivity index (χ1) is 15.8. The van der Waals surface area contributed by atoms with Crippen molar-refractivity contribution in [2.45, 2.75) is 26.9 Å². The maximum Gasteiger partial charge on any atom is 0.312 e. The Kier molecular flexibility index (Phi) is 6.23. The third-order valence-corrected chi connectivity index (χ3v) is 5.47. The van der Waals surface area contributed by atoms with E-state index in [2.05, 4.69) is 15.5 Å². The molecule has 2 aromatic heterocycles. The minimum absolute atomic E-state index is 0.0292. The zero-order valence-electron chi connectivity index (χ0n) is 18.0. The van der Waals surface area contributed by atoms with E-state index in [0.29, 0.717) is 40.9 Å². The Labute approximate surface area is 194 Å². The lowest BCUT2D eigenvalue weighted by Gasteiger charge is -2.06. The second-order valence-electron chi connectivity index (χ2n) is 7.61. The standard InChI is InChI=1S/C23H21ClN6O3/c1-15-22(30(32)33)16(2)29(26-15)14-18-3-7-19(8-4-18)23(31)25-21-11-12-28(27-21)13-17-5-9-20(24)10-6-17/h3-12H,13-14H2,1-2H3,(H,25,27,31). The van der Waals surface area contributed by atoms with Crippen molar-refractivity contribution in [3.63, 3.8) is 0 Å². The van der Waals surface area contributed by atoms with E-state index in [0.717, 1.165) is 11.1 Å². The number of nitrogens with one attached hydrogen (secondary N) is 1. The Morgan fingerprint density at radius 3 is 2.27 bits per heavy atom. The van der Waals surface area contributed by atoms with Crippen LogP contribution in [0.4, 0.5) is 11.5 Å². The van der Waals surface area contributed by atoms with Crippen molar-refractivity contribution < 1.29 is 9.72 Å². The monoisotopic (exact) mass is 464 g/mol. The quantitative estimate of drug-likeness (QED) is 0.317. The first kappa shape index (κ1) is 22.2. The summed E-state index contributed by atoms with van der Waals surface area (Å²) < 4.78 is 3.32. The summed E-state index contributed by atoms with van der Waals surface area (Å²) in [5.74, 6) is 0.174. The molecule has 33 heavy (non-hydrogen) atoms. The molecule has 4 rings (SSSR count). The number of halogens is 1. The van der Waals surface area contributed by atoms with Gasteiger partial charge in [0.05, 0.1) is 18.0 Å². The molecule has 0 aliphatic heterocycles. The van der Waals surface area contributed by atoms with Crippen molar-refractivity contribution in [1.29, 1.82) is 0 Å². The fourth-order valence-electron chi connectivity index (χ4n) is 3.52. The summed E-state index contributed by atoms with van der Waals surface area (Å²) in [6.07, 6.45) is 1.79. The Bertz CT molecular complexity index is 1310. The summed E-state index contributed by atoms with van der Waals surface area (Å²) in [6, 6.07) is 16.2. The second-order valence-corrected chi connectivity index (χ2v) is 8.05. The number of aryl methyl sites for hydroxylation is 1. The van der Waals surface area contributed by atoms with Crippen molar-refractivity contribution in [3.05, 3.63) is 104 Å². The van der Waals surface area contributed by atoms with Crippen LogP contribution in [0.2, 0.25) is 5.02 Å². The molecule has 0 bridgehead atoms. The second kappa shape index (κ2) is 9.25. The van der Waals surface area contributed by atoms with Gasteiger partial charge in [0.25, 0.3) is 5.91 Å². The van der Waals surface area contributed by atoms with Crippen molar-refractivity contribution in [2.75, 3.05) is 5.32 Å². The summed E-state index contributed by atoms with van der Waals surface area (Å²) in [5.41, 5.74) is 3.30. The largest absolute Gasteiger partial charge is 0.312 e. The van der Waals surface area contributed by atoms with Crippen LogP contribution in [0.3, 0.4) is 0 Å². The van der Waals surface area contributed by atoms with Crippen molar-refractivity contribution >= 4 is 29.0 Å². The number of nitro groups is 1. The Morgan fingerprint density at radius 1 is 1.00 bits per heavy atom. The van der Waals surface area contributed by atoms with Crippen LogP contribution in [0.25, 0.3) is 0 Å². The molecule has 0 unspecified atom stereocenters. The van der Waals surface area contributed by atoms with Gasteiger partial charge in [-0.1, -0.05) is 35.9 Å². The van der Waals surface area contributed by atoms with Gasteiger partial charge in [0.2, 0.25) is 0 Å². The molecule has 10 heteroatoms. The molecule has 0 fully saturated rings. The molecule has 0 aliphatic carbocycles. The fraction of sp³-hybridized carbons (Fsp3) is 0.174. The molecule has 4 aromatic rings. The number of amides is 1. The van der Waals surface area contributed by atoms with Crippen molar-refractivity contribution in [2.24, 2.45) is 0 Å². The summed E-state index contributed by atoms with van der Waals surface area (Å²) in [6.45, 7) is 4.22. The van der Waals surface area contributed by atoms with Crippen LogP contribution < -0.4 is 5.32 Å². The minimum Gasteiger partial charge on any atom is -0.305 e. The molecule has 0 radical (unpaired) electrons. The van der Waals surface area contributed by atoms with Gasteiger partial charge in [0, 0.05) is 22.8 Å². The van der Waals surface area contributed by atoms with Gasteiger partial charge in [0.1, 0.15) is 11.4 Å². The van der Waals surface area contributed by atoms with E-state index in [1.165, 1.54) is 0 Å². The lowest BCUT2D eigenvalue weighted by Crippen LogP contribution is -2.13. The van der Waals surface area contributed by atoms with Gasteiger partial charge >= 0.3 is 5.69 Å². The van der Waals surface area contributed by atoms with E-state index in [-0.39, 0.29) is 11.6 Å². The van der Waals surface area contributed by atoms with Crippen molar-refractivity contribution in [3.8, 4) is 0 Å². The highest BCUT2D eigenvalue weighted by atomic mass is 35.5. The van der Waals surface area contributed by atoms with Crippen molar-refractivity contribution in [1.82, 2.24) is 19.6 Å². The zero-order valence-corrected chi connectivity index (χ0v) is 18.8. The Balaban J connectivity index is 1.39. The smallest absolute Gasteiger partial charge is 0.305 e. The third kappa shape index (κ3) is 5.09. The molecule has 9 nitrogen and oxygen atoms in total. The van der Waals surface area contributed by atoms with Crippen LogP contribution in [0.5, 0.6) is 0 Å². The molecule has 0 saturated heterocycles. The minimum atomic E-state index is -0.418. The maximum atomic E-state index is 12.6. The Hall–Kier alpha value is -3.98. The number of carbonyl (C=O) groups excluding carboxylic acids is 1. The molecule has 0 aliphatic rings. The molecule has 0 saturated carbocycles. The van der Waals surface area contributed by atoms with Gasteiger partial charge in [-0.05, 0) is 49.2 Å². The van der Waals surface area contributed by atoms with Crippen LogP contribution in [0.1, 0.15) is 32.9 Å². The average Bonchev–Trinajstić information content (AvgIpc) is 3.33.